The molecule has 0 spiro atoms. The lowest BCUT2D eigenvalue weighted by Crippen LogP contribution is -2.40. The maximum atomic E-state index is 15.3. The van der Waals surface area contributed by atoms with Crippen LogP contribution in [0.3, 0.4) is 0 Å². The number of carbonyl (C=O) groups is 1. The summed E-state index contributed by atoms with van der Waals surface area (Å²) in [6, 6.07) is 9.90. The first-order chi connectivity index (χ1) is 22.2. The van der Waals surface area contributed by atoms with E-state index in [9.17, 15) is 31.5 Å². The van der Waals surface area contributed by atoms with Crippen molar-refractivity contribution in [2.24, 2.45) is 5.92 Å². The van der Waals surface area contributed by atoms with Crippen LogP contribution in [0, 0.1) is 11.7 Å². The van der Waals surface area contributed by atoms with Crippen molar-refractivity contribution in [3.05, 3.63) is 70.3 Å². The summed E-state index contributed by atoms with van der Waals surface area (Å²) in [5.41, 5.74) is -0.155. The molecule has 250 valence electrons. The van der Waals surface area contributed by atoms with Gasteiger partial charge in [0, 0.05) is 36.8 Å². The number of pyridine rings is 1. The number of methoxy groups -OCH3 is 1. The number of hydrogen-bond acceptors (Lipinski definition) is 9. The Bertz CT molecular complexity index is 2190. The molecule has 0 unspecified atom stereocenters. The van der Waals surface area contributed by atoms with Crippen LogP contribution in [0.4, 0.5) is 10.1 Å². The van der Waals surface area contributed by atoms with Gasteiger partial charge in [0.25, 0.3) is 20.2 Å². The van der Waals surface area contributed by atoms with Crippen molar-refractivity contribution < 1.29 is 45.0 Å². The summed E-state index contributed by atoms with van der Waals surface area (Å²) >= 11 is 0. The second kappa shape index (κ2) is 12.2. The van der Waals surface area contributed by atoms with Crippen molar-refractivity contribution in [2.45, 2.75) is 47.6 Å². The van der Waals surface area contributed by atoms with Gasteiger partial charge < -0.3 is 24.6 Å². The Morgan fingerprint density at radius 3 is 2.34 bits per heavy atom. The second-order valence-corrected chi connectivity index (χ2v) is 14.6. The number of anilines is 1. The molecule has 1 aromatic heterocycles. The summed E-state index contributed by atoms with van der Waals surface area (Å²) < 4.78 is 85.7. The highest BCUT2D eigenvalue weighted by molar-refractivity contribution is 7.89. The van der Waals surface area contributed by atoms with Gasteiger partial charge in [-0.15, -0.1) is 0 Å². The standard InChI is InChI=1S/C21H24FN3O4.C10H8O6S2/c1-29-20-17-13(19(26)14(21(27)28)9-25(17)12-4-5-12)7-15(22)18(20)24-8-11-3-2-6-23-16(11)10-24;11-17(12,13)9-6-5-7-3-1-2-4-8(7)10(9)18(14,15)16/h7,9,11-12,16,23H,2-6,8,10H2,1H3,(H,27,28);1-6H,(H,11,12,13)(H,14,15,16)/t11-,16+;/m0./s1. The van der Waals surface area contributed by atoms with Gasteiger partial charge in [-0.1, -0.05) is 30.3 Å². The molecular formula is C31H32FN3O10S2. The van der Waals surface area contributed by atoms with E-state index in [2.05, 4.69) is 5.32 Å². The van der Waals surface area contributed by atoms with E-state index in [1.807, 2.05) is 4.90 Å². The zero-order valence-electron chi connectivity index (χ0n) is 25.1. The van der Waals surface area contributed by atoms with Crippen LogP contribution in [-0.4, -0.2) is 74.4 Å². The Morgan fingerprint density at radius 2 is 1.72 bits per heavy atom. The van der Waals surface area contributed by atoms with E-state index >= 15 is 4.39 Å². The third-order valence-corrected chi connectivity index (χ3v) is 10.8. The van der Waals surface area contributed by atoms with Gasteiger partial charge >= 0.3 is 5.97 Å². The third-order valence-electron chi connectivity index (χ3n) is 8.87. The van der Waals surface area contributed by atoms with Gasteiger partial charge in [-0.05, 0) is 55.7 Å². The Morgan fingerprint density at radius 1 is 1.00 bits per heavy atom. The van der Waals surface area contributed by atoms with Crippen LogP contribution in [0.1, 0.15) is 42.1 Å². The first-order valence-corrected chi connectivity index (χ1v) is 17.7. The first-order valence-electron chi connectivity index (χ1n) is 14.8. The van der Waals surface area contributed by atoms with Crippen LogP contribution in [-0.2, 0) is 20.2 Å². The van der Waals surface area contributed by atoms with Crippen molar-refractivity contribution in [2.75, 3.05) is 31.6 Å². The minimum absolute atomic E-state index is 0.0233. The van der Waals surface area contributed by atoms with E-state index in [-0.39, 0.29) is 22.4 Å². The van der Waals surface area contributed by atoms with Crippen molar-refractivity contribution in [1.82, 2.24) is 9.88 Å². The van der Waals surface area contributed by atoms with Crippen LogP contribution in [0.5, 0.6) is 5.75 Å². The van der Waals surface area contributed by atoms with E-state index < -0.39 is 47.2 Å². The number of piperidine rings is 1. The van der Waals surface area contributed by atoms with Crippen LogP contribution >= 0.6 is 0 Å². The summed E-state index contributed by atoms with van der Waals surface area (Å²) in [7, 11) is -8.05. The first kappa shape index (κ1) is 32.8. The predicted molar refractivity (Wildman–Crippen MR) is 170 cm³/mol. The highest BCUT2D eigenvalue weighted by Crippen LogP contribution is 2.45. The molecule has 3 heterocycles. The number of aromatic carboxylic acids is 1. The number of rotatable bonds is 6. The Kier molecular flexibility index (Phi) is 8.50. The number of fused-ring (bicyclic) bond motifs is 3. The molecule has 1 saturated carbocycles. The number of nitrogens with zero attached hydrogens (tertiary/aromatic N) is 2. The molecule has 3 aliphatic rings. The zero-order valence-corrected chi connectivity index (χ0v) is 26.7. The molecular weight excluding hydrogens is 657 g/mol. The Labute approximate surface area is 269 Å². The maximum absolute atomic E-state index is 15.3. The summed E-state index contributed by atoms with van der Waals surface area (Å²) in [5.74, 6) is -1.07. The van der Waals surface area contributed by atoms with Crippen molar-refractivity contribution >= 4 is 53.6 Å². The molecule has 1 aliphatic carbocycles. The molecule has 3 aromatic carbocycles. The largest absolute Gasteiger partial charge is 0.492 e. The average Bonchev–Trinajstić information content (AvgIpc) is 3.77. The van der Waals surface area contributed by atoms with Crippen molar-refractivity contribution in [1.29, 1.82) is 0 Å². The maximum Gasteiger partial charge on any atom is 0.341 e. The van der Waals surface area contributed by atoms with E-state index in [0.717, 1.165) is 44.8 Å². The summed E-state index contributed by atoms with van der Waals surface area (Å²) in [6.45, 7) is 2.40. The molecule has 16 heteroatoms. The van der Waals surface area contributed by atoms with Gasteiger partial charge in [-0.3, -0.25) is 13.9 Å². The highest BCUT2D eigenvalue weighted by Gasteiger charge is 2.38. The minimum Gasteiger partial charge on any atom is -0.492 e. The predicted octanol–water partition coefficient (Wildman–Crippen LogP) is 3.70. The molecule has 4 N–H and O–H groups in total. The fourth-order valence-corrected chi connectivity index (χ4v) is 8.65. The lowest BCUT2D eigenvalue weighted by molar-refractivity contribution is 0.0694. The summed E-state index contributed by atoms with van der Waals surface area (Å²) in [6.07, 6.45) is 5.40. The number of nitrogens with one attached hydrogen (secondary N) is 1. The van der Waals surface area contributed by atoms with Crippen LogP contribution in [0.15, 0.2) is 63.2 Å². The quantitative estimate of drug-likeness (QED) is 0.215. The monoisotopic (exact) mass is 689 g/mol. The SMILES string of the molecule is COc1c(N2C[C@@H]3CCCN[C@@H]3C2)c(F)cc2c(=O)c(C(=O)O)cn(C3CC3)c12.O=S(=O)(O)c1ccc2ccccc2c1S(=O)(=O)O. The average molecular weight is 690 g/mol. The Hall–Kier alpha value is -4.09. The molecule has 0 bridgehead atoms. The third kappa shape index (κ3) is 6.18. The number of benzene rings is 3. The number of ether oxygens (including phenoxy) is 1. The van der Waals surface area contributed by atoms with Gasteiger partial charge in [0.15, 0.2) is 11.6 Å². The Balaban J connectivity index is 0.000000185. The summed E-state index contributed by atoms with van der Waals surface area (Å²) in [4.78, 5) is 24.7. The summed E-state index contributed by atoms with van der Waals surface area (Å²) in [5, 5.41) is 13.5. The molecule has 13 nitrogen and oxygen atoms in total. The topological polar surface area (TPSA) is 193 Å². The molecule has 2 atom stereocenters. The van der Waals surface area contributed by atoms with Gasteiger partial charge in [-0.25, -0.2) is 9.18 Å². The van der Waals surface area contributed by atoms with Gasteiger partial charge in [0.2, 0.25) is 5.43 Å². The zero-order chi connectivity index (χ0) is 33.8. The molecule has 47 heavy (non-hydrogen) atoms. The molecule has 0 radical (unpaired) electrons. The molecule has 3 fully saturated rings. The number of carboxylic acids is 1. The lowest BCUT2D eigenvalue weighted by Gasteiger charge is -2.25. The van der Waals surface area contributed by atoms with E-state index in [4.69, 9.17) is 13.8 Å². The van der Waals surface area contributed by atoms with Crippen molar-refractivity contribution in [3.8, 4) is 5.75 Å². The normalized spacial score (nSPS) is 19.7. The number of carboxylic acid groups (broad SMARTS) is 1. The van der Waals surface area contributed by atoms with E-state index in [0.29, 0.717) is 40.8 Å². The van der Waals surface area contributed by atoms with Crippen molar-refractivity contribution in [3.63, 3.8) is 0 Å². The lowest BCUT2D eigenvalue weighted by atomic mass is 9.94. The molecule has 2 saturated heterocycles. The number of hydrogen-bond donors (Lipinski definition) is 4. The van der Waals surface area contributed by atoms with Gasteiger partial charge in [0.1, 0.15) is 21.0 Å². The van der Waals surface area contributed by atoms with Gasteiger partial charge in [0.05, 0.1) is 18.0 Å². The van der Waals surface area contributed by atoms with Crippen LogP contribution in [0.25, 0.3) is 21.7 Å². The molecule has 2 aliphatic heterocycles. The second-order valence-electron chi connectivity index (χ2n) is 11.9. The fourth-order valence-electron chi connectivity index (χ4n) is 6.65. The van der Waals surface area contributed by atoms with Gasteiger partial charge in [-0.2, -0.15) is 16.8 Å². The van der Waals surface area contributed by atoms with E-state index in [1.54, 1.807) is 16.7 Å². The smallest absolute Gasteiger partial charge is 0.341 e. The van der Waals surface area contributed by atoms with E-state index in [1.165, 1.54) is 37.6 Å². The van der Waals surface area contributed by atoms with Crippen LogP contribution < -0.4 is 20.4 Å². The number of halogens is 1. The van der Waals surface area contributed by atoms with Crippen LogP contribution in [0.2, 0.25) is 0 Å². The molecule has 7 rings (SSSR count). The number of aromatic nitrogens is 1. The highest BCUT2D eigenvalue weighted by atomic mass is 32.2. The fraction of sp³-hybridized carbons (Fsp3) is 0.355. The minimum atomic E-state index is -4.78. The molecule has 4 aromatic rings. The molecule has 0 amide bonds.